The minimum absolute atomic E-state index is 0.683. The highest BCUT2D eigenvalue weighted by atomic mass is 32.1. The van der Waals surface area contributed by atoms with E-state index in [1.807, 2.05) is 11.3 Å². The number of rotatable bonds is 12. The molecule has 0 aliphatic carbocycles. The molecule has 0 spiro atoms. The van der Waals surface area contributed by atoms with Crippen molar-refractivity contribution in [3.05, 3.63) is 21.9 Å². The number of unbranched alkanes of at least 4 members (excludes halogenated alkanes) is 1. The van der Waals surface area contributed by atoms with E-state index in [9.17, 15) is 0 Å². The van der Waals surface area contributed by atoms with Gasteiger partial charge in [0.25, 0.3) is 0 Å². The summed E-state index contributed by atoms with van der Waals surface area (Å²) in [7, 11) is 0. The summed E-state index contributed by atoms with van der Waals surface area (Å²) in [6.45, 7) is 11.6. The maximum absolute atomic E-state index is 5.62. The van der Waals surface area contributed by atoms with Crippen molar-refractivity contribution < 1.29 is 9.47 Å². The van der Waals surface area contributed by atoms with Crippen LogP contribution in [0.3, 0.4) is 0 Å². The lowest BCUT2D eigenvalue weighted by atomic mass is 10.2. The summed E-state index contributed by atoms with van der Waals surface area (Å²) in [6.07, 6.45) is 2.32. The molecule has 0 saturated carbocycles. The number of hydrogen-bond acceptors (Lipinski definition) is 4. The summed E-state index contributed by atoms with van der Waals surface area (Å²) in [5, 5.41) is 3.46. The van der Waals surface area contributed by atoms with Gasteiger partial charge >= 0.3 is 0 Å². The van der Waals surface area contributed by atoms with Gasteiger partial charge in [-0.2, -0.15) is 0 Å². The molecule has 0 aliphatic rings. The zero-order valence-electron chi connectivity index (χ0n) is 13.1. The fraction of sp³-hybridized carbons (Fsp3) is 0.750. The van der Waals surface area contributed by atoms with Gasteiger partial charge in [-0.15, -0.1) is 11.3 Å². The van der Waals surface area contributed by atoms with Gasteiger partial charge in [0.15, 0.2) is 0 Å². The average Bonchev–Trinajstić information content (AvgIpc) is 2.85. The van der Waals surface area contributed by atoms with Crippen molar-refractivity contribution in [3.8, 4) is 0 Å². The molecule has 0 aromatic carbocycles. The van der Waals surface area contributed by atoms with E-state index in [1.165, 1.54) is 16.2 Å². The first kappa shape index (κ1) is 17.6. The number of hydrogen-bond donors (Lipinski definition) is 1. The van der Waals surface area contributed by atoms with Crippen molar-refractivity contribution in [2.75, 3.05) is 26.4 Å². The maximum Gasteiger partial charge on any atom is 0.0810 e. The summed E-state index contributed by atoms with van der Waals surface area (Å²) >= 11 is 1.83. The molecule has 4 heteroatoms. The van der Waals surface area contributed by atoms with Crippen LogP contribution in [0, 0.1) is 5.92 Å². The van der Waals surface area contributed by atoms with Crippen molar-refractivity contribution in [2.24, 2.45) is 5.92 Å². The van der Waals surface area contributed by atoms with Gasteiger partial charge in [0.1, 0.15) is 0 Å². The zero-order chi connectivity index (χ0) is 14.6. The van der Waals surface area contributed by atoms with Crippen LogP contribution in [0.25, 0.3) is 0 Å². The fourth-order valence-corrected chi connectivity index (χ4v) is 2.64. The summed E-state index contributed by atoms with van der Waals surface area (Å²) in [5.41, 5.74) is 0. The Kier molecular flexibility index (Phi) is 9.93. The van der Waals surface area contributed by atoms with Gasteiger partial charge in [0, 0.05) is 22.9 Å². The largest absolute Gasteiger partial charge is 0.379 e. The predicted octanol–water partition coefficient (Wildman–Crippen LogP) is 3.83. The van der Waals surface area contributed by atoms with Crippen LogP contribution in [0.15, 0.2) is 12.1 Å². The minimum atomic E-state index is 0.683. The lowest BCUT2D eigenvalue weighted by Gasteiger charge is -2.05. The molecule has 0 saturated heterocycles. The number of thiophene rings is 1. The molecule has 1 rings (SSSR count). The summed E-state index contributed by atoms with van der Waals surface area (Å²) in [5.74, 6) is 0.700. The van der Waals surface area contributed by atoms with E-state index in [0.717, 1.165) is 26.1 Å². The number of ether oxygens (including phenoxy) is 2. The smallest absolute Gasteiger partial charge is 0.0810 e. The molecule has 1 N–H and O–H groups in total. The van der Waals surface area contributed by atoms with Gasteiger partial charge < -0.3 is 14.8 Å². The van der Waals surface area contributed by atoms with Crippen LogP contribution >= 0.6 is 11.3 Å². The van der Waals surface area contributed by atoms with Crippen molar-refractivity contribution >= 4 is 11.3 Å². The van der Waals surface area contributed by atoms with Gasteiger partial charge in [0.05, 0.1) is 19.8 Å². The molecule has 0 aliphatic heterocycles. The van der Waals surface area contributed by atoms with E-state index in [0.29, 0.717) is 25.7 Å². The second kappa shape index (κ2) is 11.3. The van der Waals surface area contributed by atoms with E-state index in [4.69, 9.17) is 9.47 Å². The Bertz CT molecular complexity index is 339. The van der Waals surface area contributed by atoms with E-state index >= 15 is 0 Å². The maximum atomic E-state index is 5.62. The molecule has 116 valence electrons. The highest BCUT2D eigenvalue weighted by Crippen LogP contribution is 2.17. The van der Waals surface area contributed by atoms with Crippen molar-refractivity contribution in [3.63, 3.8) is 0 Å². The van der Waals surface area contributed by atoms with Crippen LogP contribution < -0.4 is 5.32 Å². The van der Waals surface area contributed by atoms with Crippen LogP contribution in [0.2, 0.25) is 0 Å². The lowest BCUT2D eigenvalue weighted by molar-refractivity contribution is 0.0406. The molecule has 0 bridgehead atoms. The normalized spacial score (nSPS) is 11.4. The summed E-state index contributed by atoms with van der Waals surface area (Å²) in [4.78, 5) is 2.67. The Labute approximate surface area is 127 Å². The average molecular weight is 299 g/mol. The van der Waals surface area contributed by atoms with Gasteiger partial charge in [0.2, 0.25) is 0 Å². The van der Waals surface area contributed by atoms with Crippen LogP contribution in [-0.2, 0) is 22.6 Å². The molecule has 0 unspecified atom stereocenters. The Balaban J connectivity index is 2.05. The third kappa shape index (κ3) is 8.69. The fourth-order valence-electron chi connectivity index (χ4n) is 1.72. The van der Waals surface area contributed by atoms with E-state index in [1.54, 1.807) is 0 Å². The zero-order valence-corrected chi connectivity index (χ0v) is 13.9. The van der Waals surface area contributed by atoms with E-state index in [-0.39, 0.29) is 0 Å². The topological polar surface area (TPSA) is 30.5 Å². The highest BCUT2D eigenvalue weighted by Gasteiger charge is 2.01. The lowest BCUT2D eigenvalue weighted by Crippen LogP contribution is -2.18. The van der Waals surface area contributed by atoms with Gasteiger partial charge in [-0.25, -0.2) is 0 Å². The van der Waals surface area contributed by atoms with Crippen LogP contribution in [0.4, 0.5) is 0 Å². The molecule has 0 atom stereocenters. The second-order valence-corrected chi connectivity index (χ2v) is 6.66. The predicted molar refractivity (Wildman–Crippen MR) is 86.2 cm³/mol. The molecule has 3 nitrogen and oxygen atoms in total. The SMILES string of the molecule is CCCCOCCOCc1ccc(CNCC(C)C)s1. The third-order valence-electron chi connectivity index (χ3n) is 2.83. The Morgan fingerprint density at radius 2 is 1.85 bits per heavy atom. The third-order valence-corrected chi connectivity index (χ3v) is 3.89. The monoisotopic (exact) mass is 299 g/mol. The molecule has 0 radical (unpaired) electrons. The van der Waals surface area contributed by atoms with Crippen molar-refractivity contribution in [2.45, 2.75) is 46.8 Å². The molecular formula is C16H29NO2S. The summed E-state index contributed by atoms with van der Waals surface area (Å²) in [6, 6.07) is 4.35. The molecule has 1 aromatic rings. The first-order chi connectivity index (χ1) is 9.72. The van der Waals surface area contributed by atoms with Gasteiger partial charge in [-0.1, -0.05) is 27.2 Å². The van der Waals surface area contributed by atoms with Crippen LogP contribution in [0.5, 0.6) is 0 Å². The molecular weight excluding hydrogens is 270 g/mol. The molecule has 1 heterocycles. The standard InChI is InChI=1S/C16H29NO2S/c1-4-5-8-18-9-10-19-13-16-7-6-15(20-16)12-17-11-14(2)3/h6-7,14,17H,4-5,8-13H2,1-3H3. The first-order valence-corrected chi connectivity index (χ1v) is 8.47. The Hall–Kier alpha value is -0.420. The quantitative estimate of drug-likeness (QED) is 0.595. The van der Waals surface area contributed by atoms with Crippen molar-refractivity contribution in [1.29, 1.82) is 0 Å². The minimum Gasteiger partial charge on any atom is -0.379 e. The first-order valence-electron chi connectivity index (χ1n) is 7.66. The van der Waals surface area contributed by atoms with Gasteiger partial charge in [-0.3, -0.25) is 0 Å². The molecule has 0 amide bonds. The van der Waals surface area contributed by atoms with Crippen LogP contribution in [-0.4, -0.2) is 26.4 Å². The highest BCUT2D eigenvalue weighted by molar-refractivity contribution is 7.11. The molecule has 1 aromatic heterocycles. The van der Waals surface area contributed by atoms with E-state index in [2.05, 4.69) is 38.2 Å². The summed E-state index contributed by atoms with van der Waals surface area (Å²) < 4.78 is 11.1. The number of nitrogens with one attached hydrogen (secondary N) is 1. The van der Waals surface area contributed by atoms with Crippen LogP contribution in [0.1, 0.15) is 43.4 Å². The Morgan fingerprint density at radius 1 is 1.10 bits per heavy atom. The second-order valence-electron chi connectivity index (χ2n) is 5.41. The molecule has 20 heavy (non-hydrogen) atoms. The Morgan fingerprint density at radius 3 is 2.60 bits per heavy atom. The van der Waals surface area contributed by atoms with Gasteiger partial charge in [-0.05, 0) is 31.0 Å². The van der Waals surface area contributed by atoms with E-state index < -0.39 is 0 Å². The van der Waals surface area contributed by atoms with Crippen molar-refractivity contribution in [1.82, 2.24) is 5.32 Å². The molecule has 0 fully saturated rings.